The lowest BCUT2D eigenvalue weighted by Gasteiger charge is -2.34. The molecule has 100 valence electrons. The number of likely N-dealkylation sites (tertiary alicyclic amines) is 1. The smallest absolute Gasteiger partial charge is 0.410 e. The maximum Gasteiger partial charge on any atom is 0.410 e. The van der Waals surface area contributed by atoms with E-state index in [2.05, 4.69) is 6.92 Å². The fourth-order valence-corrected chi connectivity index (χ4v) is 2.32. The molecule has 2 N–H and O–H groups in total. The second-order valence-electron chi connectivity index (χ2n) is 5.81. The lowest BCUT2D eigenvalue weighted by Crippen LogP contribution is -2.50. The lowest BCUT2D eigenvalue weighted by molar-refractivity contribution is 0.0146. The van der Waals surface area contributed by atoms with Crippen LogP contribution in [0.15, 0.2) is 0 Å². The molecule has 0 aromatic rings. The van der Waals surface area contributed by atoms with Gasteiger partial charge in [-0.05, 0) is 40.0 Å². The molecule has 0 radical (unpaired) electrons. The van der Waals surface area contributed by atoms with Gasteiger partial charge in [-0.15, -0.1) is 0 Å². The molecule has 1 amide bonds. The van der Waals surface area contributed by atoms with Crippen LogP contribution in [0.1, 0.15) is 53.4 Å². The number of nitrogens with zero attached hydrogens (tertiary/aromatic N) is 1. The Kier molecular flexibility index (Phi) is 4.80. The van der Waals surface area contributed by atoms with Gasteiger partial charge in [0.1, 0.15) is 5.60 Å². The van der Waals surface area contributed by atoms with Gasteiger partial charge in [-0.2, -0.15) is 0 Å². The Morgan fingerprint density at radius 2 is 2.06 bits per heavy atom. The Hall–Kier alpha value is -0.770. The molecular formula is C13H26N2O2. The van der Waals surface area contributed by atoms with E-state index in [1.54, 1.807) is 0 Å². The molecule has 0 bridgehead atoms. The first-order valence-electron chi connectivity index (χ1n) is 6.60. The summed E-state index contributed by atoms with van der Waals surface area (Å²) in [5, 5.41) is 0. The fourth-order valence-electron chi connectivity index (χ4n) is 2.32. The third-order valence-electron chi connectivity index (χ3n) is 3.13. The third kappa shape index (κ3) is 4.19. The van der Waals surface area contributed by atoms with Gasteiger partial charge in [0, 0.05) is 18.6 Å². The van der Waals surface area contributed by atoms with Crippen LogP contribution in [0.2, 0.25) is 0 Å². The van der Waals surface area contributed by atoms with Gasteiger partial charge < -0.3 is 15.4 Å². The quantitative estimate of drug-likeness (QED) is 0.768. The van der Waals surface area contributed by atoms with Crippen molar-refractivity contribution in [1.82, 2.24) is 4.90 Å². The van der Waals surface area contributed by atoms with Crippen molar-refractivity contribution >= 4 is 6.09 Å². The Morgan fingerprint density at radius 3 is 2.59 bits per heavy atom. The summed E-state index contributed by atoms with van der Waals surface area (Å²) in [6.45, 7) is 8.52. The maximum absolute atomic E-state index is 12.1. The summed E-state index contributed by atoms with van der Waals surface area (Å²) in [6, 6.07) is 0.197. The van der Waals surface area contributed by atoms with Crippen molar-refractivity contribution in [3.8, 4) is 0 Å². The van der Waals surface area contributed by atoms with E-state index in [-0.39, 0.29) is 18.2 Å². The second kappa shape index (κ2) is 5.71. The second-order valence-corrected chi connectivity index (χ2v) is 5.81. The molecule has 1 rings (SSSR count). The van der Waals surface area contributed by atoms with Crippen LogP contribution >= 0.6 is 0 Å². The summed E-state index contributed by atoms with van der Waals surface area (Å²) in [6.07, 6.45) is 3.78. The molecule has 0 spiro atoms. The molecule has 1 aliphatic rings. The van der Waals surface area contributed by atoms with Gasteiger partial charge in [-0.3, -0.25) is 0 Å². The topological polar surface area (TPSA) is 55.6 Å². The first kappa shape index (κ1) is 14.3. The van der Waals surface area contributed by atoms with E-state index in [1.165, 1.54) is 0 Å². The first-order chi connectivity index (χ1) is 7.85. The van der Waals surface area contributed by atoms with E-state index >= 15 is 0 Å². The van der Waals surface area contributed by atoms with Crippen molar-refractivity contribution in [3.63, 3.8) is 0 Å². The zero-order chi connectivity index (χ0) is 13.1. The number of ether oxygens (including phenoxy) is 1. The average molecular weight is 242 g/mol. The van der Waals surface area contributed by atoms with Crippen LogP contribution in [0.3, 0.4) is 0 Å². The van der Waals surface area contributed by atoms with Gasteiger partial charge >= 0.3 is 6.09 Å². The van der Waals surface area contributed by atoms with E-state index in [9.17, 15) is 4.79 Å². The Morgan fingerprint density at radius 1 is 1.41 bits per heavy atom. The predicted molar refractivity (Wildman–Crippen MR) is 68.8 cm³/mol. The van der Waals surface area contributed by atoms with Crippen molar-refractivity contribution < 1.29 is 9.53 Å². The first-order valence-corrected chi connectivity index (χ1v) is 6.60. The summed E-state index contributed by atoms with van der Waals surface area (Å²) < 4.78 is 5.44. The monoisotopic (exact) mass is 242 g/mol. The third-order valence-corrected chi connectivity index (χ3v) is 3.13. The number of nitrogens with two attached hydrogens (primary N) is 1. The molecule has 4 heteroatoms. The number of carbonyl (C=O) groups excluding carboxylic acids is 1. The van der Waals surface area contributed by atoms with Crippen LogP contribution in [-0.4, -0.2) is 35.2 Å². The SMILES string of the molecule is CCC1C(N)CCCCN1C(=O)OC(C)(C)C. The van der Waals surface area contributed by atoms with Crippen molar-refractivity contribution in [2.45, 2.75) is 71.1 Å². The Balaban J connectivity index is 2.73. The minimum absolute atomic E-state index is 0.0787. The number of hydrogen-bond acceptors (Lipinski definition) is 3. The summed E-state index contributed by atoms with van der Waals surface area (Å²) >= 11 is 0. The highest BCUT2D eigenvalue weighted by molar-refractivity contribution is 5.68. The van der Waals surface area contributed by atoms with E-state index in [0.717, 1.165) is 32.2 Å². The molecule has 2 atom stereocenters. The van der Waals surface area contributed by atoms with E-state index < -0.39 is 5.60 Å². The highest BCUT2D eigenvalue weighted by atomic mass is 16.6. The molecule has 1 heterocycles. The van der Waals surface area contributed by atoms with Crippen molar-refractivity contribution in [1.29, 1.82) is 0 Å². The minimum Gasteiger partial charge on any atom is -0.444 e. The van der Waals surface area contributed by atoms with Crippen LogP contribution in [-0.2, 0) is 4.74 Å². The van der Waals surface area contributed by atoms with Gasteiger partial charge in [0.2, 0.25) is 0 Å². The molecule has 2 unspecified atom stereocenters. The molecule has 0 saturated carbocycles. The van der Waals surface area contributed by atoms with Crippen molar-refractivity contribution in [2.24, 2.45) is 5.73 Å². The molecule has 1 saturated heterocycles. The fraction of sp³-hybridized carbons (Fsp3) is 0.923. The van der Waals surface area contributed by atoms with Crippen molar-refractivity contribution in [2.75, 3.05) is 6.54 Å². The summed E-state index contributed by atoms with van der Waals surface area (Å²) in [7, 11) is 0. The molecule has 0 aliphatic carbocycles. The molecule has 17 heavy (non-hydrogen) atoms. The zero-order valence-corrected chi connectivity index (χ0v) is 11.5. The van der Waals surface area contributed by atoms with E-state index in [1.807, 2.05) is 25.7 Å². The van der Waals surface area contributed by atoms with Crippen LogP contribution in [0.5, 0.6) is 0 Å². The molecule has 0 aromatic carbocycles. The highest BCUT2D eigenvalue weighted by Crippen LogP contribution is 2.21. The number of hydrogen-bond donors (Lipinski definition) is 1. The van der Waals surface area contributed by atoms with Crippen LogP contribution in [0.4, 0.5) is 4.79 Å². The highest BCUT2D eigenvalue weighted by Gasteiger charge is 2.32. The molecule has 0 aromatic heterocycles. The molecular weight excluding hydrogens is 216 g/mol. The Bertz CT molecular complexity index is 261. The standard InChI is InChI=1S/C13H26N2O2/c1-5-11-10(14)8-6-7-9-15(11)12(16)17-13(2,3)4/h10-11H,5-9,14H2,1-4H3. The minimum atomic E-state index is -0.439. The van der Waals surface area contributed by atoms with Gasteiger partial charge in [-0.1, -0.05) is 13.3 Å². The van der Waals surface area contributed by atoms with Gasteiger partial charge in [0.25, 0.3) is 0 Å². The Labute approximate surface area is 104 Å². The van der Waals surface area contributed by atoms with Crippen molar-refractivity contribution in [3.05, 3.63) is 0 Å². The molecule has 4 nitrogen and oxygen atoms in total. The number of amides is 1. The normalized spacial score (nSPS) is 26.5. The van der Waals surface area contributed by atoms with Crippen LogP contribution < -0.4 is 5.73 Å². The zero-order valence-electron chi connectivity index (χ0n) is 11.5. The predicted octanol–water partition coefficient (Wildman–Crippen LogP) is 2.51. The van der Waals surface area contributed by atoms with Gasteiger partial charge in [-0.25, -0.2) is 4.79 Å². The van der Waals surface area contributed by atoms with E-state index in [4.69, 9.17) is 10.5 Å². The number of carbonyl (C=O) groups is 1. The molecule has 1 fully saturated rings. The van der Waals surface area contributed by atoms with E-state index in [0.29, 0.717) is 0 Å². The molecule has 1 aliphatic heterocycles. The number of rotatable bonds is 1. The van der Waals surface area contributed by atoms with Crippen LogP contribution in [0, 0.1) is 0 Å². The lowest BCUT2D eigenvalue weighted by atomic mass is 10.0. The van der Waals surface area contributed by atoms with Crippen LogP contribution in [0.25, 0.3) is 0 Å². The van der Waals surface area contributed by atoms with Gasteiger partial charge in [0.05, 0.1) is 0 Å². The summed E-state index contributed by atoms with van der Waals surface area (Å²) in [4.78, 5) is 14.0. The average Bonchev–Trinajstić information content (AvgIpc) is 2.37. The summed E-state index contributed by atoms with van der Waals surface area (Å²) in [5.74, 6) is 0. The largest absolute Gasteiger partial charge is 0.444 e. The maximum atomic E-state index is 12.1. The van der Waals surface area contributed by atoms with Gasteiger partial charge in [0.15, 0.2) is 0 Å². The summed E-state index contributed by atoms with van der Waals surface area (Å²) in [5.41, 5.74) is 5.69.